The Bertz CT molecular complexity index is 441. The standard InChI is InChI=1S/C13H25N7O/c1-3-4-7-20-12(15-16-17-20)10-18(2)11-13(21)19-8-5-14-6-9-19/h14H,3-11H2,1-2H3. The highest BCUT2D eigenvalue weighted by Crippen LogP contribution is 2.02. The van der Waals surface area contributed by atoms with Crippen LogP contribution in [0.25, 0.3) is 0 Å². The molecule has 1 aromatic rings. The maximum absolute atomic E-state index is 12.2. The number of amides is 1. The van der Waals surface area contributed by atoms with Crippen LogP contribution in [0, 0.1) is 0 Å². The minimum Gasteiger partial charge on any atom is -0.339 e. The molecule has 8 nitrogen and oxygen atoms in total. The number of likely N-dealkylation sites (N-methyl/N-ethyl adjacent to an activating group) is 1. The van der Waals surface area contributed by atoms with E-state index in [-0.39, 0.29) is 5.91 Å². The fraction of sp³-hybridized carbons (Fsp3) is 0.846. The molecule has 0 spiro atoms. The SMILES string of the molecule is CCCCn1nnnc1CN(C)CC(=O)N1CCNCC1. The van der Waals surface area contributed by atoms with Crippen molar-refractivity contribution in [3.05, 3.63) is 5.82 Å². The lowest BCUT2D eigenvalue weighted by Gasteiger charge is -2.29. The molecule has 0 aromatic carbocycles. The normalized spacial score (nSPS) is 15.7. The summed E-state index contributed by atoms with van der Waals surface area (Å²) in [5.74, 6) is 0.991. The number of nitrogens with one attached hydrogen (secondary N) is 1. The van der Waals surface area contributed by atoms with Gasteiger partial charge in [-0.3, -0.25) is 9.69 Å². The van der Waals surface area contributed by atoms with Crippen molar-refractivity contribution in [2.24, 2.45) is 0 Å². The molecule has 8 heteroatoms. The number of aromatic nitrogens is 4. The zero-order valence-electron chi connectivity index (χ0n) is 13.0. The van der Waals surface area contributed by atoms with Crippen molar-refractivity contribution in [2.45, 2.75) is 32.9 Å². The molecular weight excluding hydrogens is 270 g/mol. The molecule has 2 rings (SSSR count). The van der Waals surface area contributed by atoms with Crippen molar-refractivity contribution >= 4 is 5.91 Å². The summed E-state index contributed by atoms with van der Waals surface area (Å²) in [6, 6.07) is 0. The summed E-state index contributed by atoms with van der Waals surface area (Å²) in [6.45, 7) is 7.31. The van der Waals surface area contributed by atoms with Gasteiger partial charge in [0.1, 0.15) is 0 Å². The molecule has 0 aliphatic carbocycles. The summed E-state index contributed by atoms with van der Waals surface area (Å²) in [5, 5.41) is 15.0. The Morgan fingerprint density at radius 2 is 2.14 bits per heavy atom. The van der Waals surface area contributed by atoms with Crippen LogP contribution in [0.15, 0.2) is 0 Å². The van der Waals surface area contributed by atoms with E-state index >= 15 is 0 Å². The topological polar surface area (TPSA) is 79.2 Å². The number of hydrogen-bond donors (Lipinski definition) is 1. The van der Waals surface area contributed by atoms with Crippen molar-refractivity contribution in [3.63, 3.8) is 0 Å². The van der Waals surface area contributed by atoms with E-state index in [1.165, 1.54) is 0 Å². The average molecular weight is 295 g/mol. The average Bonchev–Trinajstić information content (AvgIpc) is 2.93. The zero-order valence-corrected chi connectivity index (χ0v) is 13.0. The van der Waals surface area contributed by atoms with Crippen LogP contribution in [-0.2, 0) is 17.9 Å². The summed E-state index contributed by atoms with van der Waals surface area (Å²) in [4.78, 5) is 16.1. The third-order valence-electron chi connectivity index (χ3n) is 3.62. The van der Waals surface area contributed by atoms with Gasteiger partial charge in [-0.15, -0.1) is 5.10 Å². The molecule has 1 amide bonds. The van der Waals surface area contributed by atoms with Crippen molar-refractivity contribution in [2.75, 3.05) is 39.8 Å². The smallest absolute Gasteiger partial charge is 0.236 e. The highest BCUT2D eigenvalue weighted by atomic mass is 16.2. The molecule has 0 radical (unpaired) electrons. The molecule has 1 fully saturated rings. The molecular formula is C13H25N7O. The number of piperazine rings is 1. The second kappa shape index (κ2) is 8.04. The van der Waals surface area contributed by atoms with Gasteiger partial charge in [-0.1, -0.05) is 13.3 Å². The van der Waals surface area contributed by atoms with Gasteiger partial charge in [0.05, 0.1) is 13.1 Å². The Morgan fingerprint density at radius 1 is 1.38 bits per heavy atom. The number of rotatable bonds is 7. The first-order valence-electron chi connectivity index (χ1n) is 7.62. The Balaban J connectivity index is 1.82. The molecule has 2 heterocycles. The van der Waals surface area contributed by atoms with Gasteiger partial charge in [-0.25, -0.2) is 4.68 Å². The number of nitrogens with zero attached hydrogens (tertiary/aromatic N) is 6. The largest absolute Gasteiger partial charge is 0.339 e. The van der Waals surface area contributed by atoms with Gasteiger partial charge in [0.2, 0.25) is 5.91 Å². The van der Waals surface area contributed by atoms with Gasteiger partial charge in [-0.05, 0) is 23.9 Å². The minimum absolute atomic E-state index is 0.173. The van der Waals surface area contributed by atoms with Crippen LogP contribution < -0.4 is 5.32 Å². The summed E-state index contributed by atoms with van der Waals surface area (Å²) in [6.07, 6.45) is 2.16. The van der Waals surface area contributed by atoms with E-state index in [4.69, 9.17) is 0 Å². The van der Waals surface area contributed by atoms with Crippen LogP contribution in [0.5, 0.6) is 0 Å². The first-order valence-corrected chi connectivity index (χ1v) is 7.62. The Labute approximate surface area is 125 Å². The van der Waals surface area contributed by atoms with Crippen LogP contribution in [-0.4, -0.2) is 75.7 Å². The number of carbonyl (C=O) groups excluding carboxylic acids is 1. The van der Waals surface area contributed by atoms with Gasteiger partial charge in [0.15, 0.2) is 5.82 Å². The fourth-order valence-corrected chi connectivity index (χ4v) is 2.36. The molecule has 1 aromatic heterocycles. The van der Waals surface area contributed by atoms with Crippen molar-refractivity contribution in [1.82, 2.24) is 35.3 Å². The molecule has 1 saturated heterocycles. The van der Waals surface area contributed by atoms with Crippen LogP contribution in [0.1, 0.15) is 25.6 Å². The van der Waals surface area contributed by atoms with E-state index in [2.05, 4.69) is 27.8 Å². The van der Waals surface area contributed by atoms with E-state index in [1.54, 1.807) is 0 Å². The number of tetrazole rings is 1. The summed E-state index contributed by atoms with van der Waals surface area (Å²) in [5.41, 5.74) is 0. The number of unbranched alkanes of at least 4 members (excludes halogenated alkanes) is 1. The number of carbonyl (C=O) groups is 1. The monoisotopic (exact) mass is 295 g/mol. The van der Waals surface area contributed by atoms with Crippen LogP contribution in [0.3, 0.4) is 0 Å². The van der Waals surface area contributed by atoms with Crippen molar-refractivity contribution in [3.8, 4) is 0 Å². The number of aryl methyl sites for hydroxylation is 1. The molecule has 0 bridgehead atoms. The second-order valence-corrected chi connectivity index (χ2v) is 5.47. The van der Waals surface area contributed by atoms with Gasteiger partial charge >= 0.3 is 0 Å². The second-order valence-electron chi connectivity index (χ2n) is 5.47. The summed E-state index contributed by atoms with van der Waals surface area (Å²) in [7, 11) is 1.93. The van der Waals surface area contributed by atoms with Gasteiger partial charge < -0.3 is 10.2 Å². The first-order chi connectivity index (χ1) is 10.2. The molecule has 0 unspecified atom stereocenters. The van der Waals surface area contributed by atoms with Crippen LogP contribution in [0.4, 0.5) is 0 Å². The highest BCUT2D eigenvalue weighted by Gasteiger charge is 2.18. The molecule has 1 N–H and O–H groups in total. The lowest BCUT2D eigenvalue weighted by molar-refractivity contribution is -0.132. The lowest BCUT2D eigenvalue weighted by atomic mass is 10.3. The van der Waals surface area contributed by atoms with Gasteiger partial charge in [-0.2, -0.15) is 0 Å². The van der Waals surface area contributed by atoms with E-state index in [1.807, 2.05) is 21.5 Å². The maximum atomic E-state index is 12.2. The highest BCUT2D eigenvalue weighted by molar-refractivity contribution is 5.78. The van der Waals surface area contributed by atoms with Gasteiger partial charge in [0, 0.05) is 32.7 Å². The van der Waals surface area contributed by atoms with Crippen LogP contribution in [0.2, 0.25) is 0 Å². The van der Waals surface area contributed by atoms with Gasteiger partial charge in [0.25, 0.3) is 0 Å². The Kier molecular flexibility index (Phi) is 6.06. The quantitative estimate of drug-likeness (QED) is 0.719. The fourth-order valence-electron chi connectivity index (χ4n) is 2.36. The minimum atomic E-state index is 0.173. The maximum Gasteiger partial charge on any atom is 0.236 e. The number of hydrogen-bond acceptors (Lipinski definition) is 6. The third kappa shape index (κ3) is 4.75. The molecule has 21 heavy (non-hydrogen) atoms. The van der Waals surface area contributed by atoms with E-state index in [0.717, 1.165) is 51.4 Å². The third-order valence-corrected chi connectivity index (χ3v) is 3.62. The van der Waals surface area contributed by atoms with Crippen molar-refractivity contribution in [1.29, 1.82) is 0 Å². The zero-order chi connectivity index (χ0) is 15.1. The predicted molar refractivity (Wildman–Crippen MR) is 78.5 cm³/mol. The van der Waals surface area contributed by atoms with E-state index in [9.17, 15) is 4.79 Å². The summed E-state index contributed by atoms with van der Waals surface area (Å²) < 4.78 is 1.83. The Morgan fingerprint density at radius 3 is 2.86 bits per heavy atom. The molecule has 0 saturated carbocycles. The van der Waals surface area contributed by atoms with E-state index < -0.39 is 0 Å². The van der Waals surface area contributed by atoms with Crippen LogP contribution >= 0.6 is 0 Å². The lowest BCUT2D eigenvalue weighted by Crippen LogP contribution is -2.49. The summed E-state index contributed by atoms with van der Waals surface area (Å²) >= 11 is 0. The Hall–Kier alpha value is -1.54. The van der Waals surface area contributed by atoms with E-state index in [0.29, 0.717) is 13.1 Å². The first kappa shape index (κ1) is 15.8. The molecule has 0 atom stereocenters. The predicted octanol–water partition coefficient (Wildman–Crippen LogP) is -0.663. The van der Waals surface area contributed by atoms with Crippen molar-refractivity contribution < 1.29 is 4.79 Å². The molecule has 1 aliphatic rings. The molecule has 1 aliphatic heterocycles. The molecule has 118 valence electrons.